The molecule has 0 fully saturated rings. The maximum Gasteiger partial charge on any atom is 0.338 e. The lowest BCUT2D eigenvalue weighted by Gasteiger charge is -2.22. The van der Waals surface area contributed by atoms with Crippen molar-refractivity contribution in [2.45, 2.75) is 78.2 Å². The molecular weight excluding hydrogens is 430 g/mol. The first-order valence-corrected chi connectivity index (χ1v) is 13.4. The summed E-state index contributed by atoms with van der Waals surface area (Å²) in [5, 5.41) is 0. The summed E-state index contributed by atoms with van der Waals surface area (Å²) in [6.45, 7) is 6.47. The average molecular weight is 470 g/mol. The summed E-state index contributed by atoms with van der Waals surface area (Å²) < 4.78 is 36.3. The van der Waals surface area contributed by atoms with E-state index < -0.39 is 10.0 Å². The number of esters is 2. The van der Waals surface area contributed by atoms with Crippen LogP contribution in [-0.4, -0.2) is 56.7 Å². The number of unbranched alkanes of at least 4 members (excludes halogenated alkanes) is 2. The summed E-state index contributed by atoms with van der Waals surface area (Å²) in [6.07, 6.45) is 7.76. The smallest absolute Gasteiger partial charge is 0.338 e. The maximum atomic E-state index is 12.2. The van der Waals surface area contributed by atoms with Gasteiger partial charge in [-0.15, -0.1) is 0 Å². The minimum absolute atomic E-state index is 0.154. The van der Waals surface area contributed by atoms with E-state index in [1.54, 1.807) is 19.1 Å². The lowest BCUT2D eigenvalue weighted by Crippen LogP contribution is -2.33. The fraction of sp³-hybridized carbons (Fsp3) is 0.667. The molecule has 1 aromatic carbocycles. The predicted molar refractivity (Wildman–Crippen MR) is 126 cm³/mol. The zero-order valence-corrected chi connectivity index (χ0v) is 20.8. The number of carbonyl (C=O) groups excluding carboxylic acids is 2. The lowest BCUT2D eigenvalue weighted by molar-refractivity contribution is -0.147. The van der Waals surface area contributed by atoms with E-state index in [9.17, 15) is 18.0 Å². The SMILES string of the molecule is CCCCCC(CCCN(CCCc1ccc(C(=O)OCC)cc1)S(C)(=O)=O)OC(C)=O. The average Bonchev–Trinajstić information content (AvgIpc) is 2.72. The first-order valence-electron chi connectivity index (χ1n) is 11.6. The van der Waals surface area contributed by atoms with Crippen molar-refractivity contribution in [3.63, 3.8) is 0 Å². The van der Waals surface area contributed by atoms with Gasteiger partial charge in [-0.2, -0.15) is 0 Å². The topological polar surface area (TPSA) is 90.0 Å². The monoisotopic (exact) mass is 469 g/mol. The van der Waals surface area contributed by atoms with Gasteiger partial charge in [0.05, 0.1) is 18.4 Å². The molecule has 182 valence electrons. The Morgan fingerprint density at radius 2 is 1.59 bits per heavy atom. The molecule has 1 atom stereocenters. The highest BCUT2D eigenvalue weighted by Gasteiger charge is 2.18. The van der Waals surface area contributed by atoms with Crippen LogP contribution in [0.3, 0.4) is 0 Å². The third kappa shape index (κ3) is 11.6. The van der Waals surface area contributed by atoms with Crippen LogP contribution in [0, 0.1) is 0 Å². The minimum Gasteiger partial charge on any atom is -0.463 e. The molecule has 0 aromatic heterocycles. The molecule has 1 aromatic rings. The Labute approximate surface area is 193 Å². The number of hydrogen-bond donors (Lipinski definition) is 0. The quantitative estimate of drug-likeness (QED) is 0.264. The highest BCUT2D eigenvalue weighted by Crippen LogP contribution is 2.15. The molecule has 0 bridgehead atoms. The van der Waals surface area contributed by atoms with Gasteiger partial charge in [0, 0.05) is 20.0 Å². The van der Waals surface area contributed by atoms with E-state index in [0.29, 0.717) is 50.9 Å². The molecule has 1 rings (SSSR count). The summed E-state index contributed by atoms with van der Waals surface area (Å²) in [7, 11) is -3.32. The predicted octanol–water partition coefficient (Wildman–Crippen LogP) is 4.35. The molecule has 8 heteroatoms. The number of benzene rings is 1. The Morgan fingerprint density at radius 3 is 2.16 bits per heavy atom. The number of aryl methyl sites for hydroxylation is 1. The molecule has 0 aliphatic heterocycles. The minimum atomic E-state index is -3.32. The summed E-state index contributed by atoms with van der Waals surface area (Å²) >= 11 is 0. The van der Waals surface area contributed by atoms with Gasteiger partial charge in [0.2, 0.25) is 10.0 Å². The van der Waals surface area contributed by atoms with Crippen molar-refractivity contribution in [2.75, 3.05) is 26.0 Å². The largest absolute Gasteiger partial charge is 0.463 e. The van der Waals surface area contributed by atoms with Gasteiger partial charge in [0.15, 0.2) is 0 Å². The molecule has 0 spiro atoms. The van der Waals surface area contributed by atoms with Crippen molar-refractivity contribution in [2.24, 2.45) is 0 Å². The molecule has 0 radical (unpaired) electrons. The van der Waals surface area contributed by atoms with Crippen LogP contribution in [0.15, 0.2) is 24.3 Å². The zero-order chi connectivity index (χ0) is 24.0. The van der Waals surface area contributed by atoms with E-state index in [-0.39, 0.29) is 18.0 Å². The summed E-state index contributed by atoms with van der Waals surface area (Å²) in [4.78, 5) is 23.1. The molecular formula is C24H39NO6S. The van der Waals surface area contributed by atoms with E-state index in [0.717, 1.165) is 31.2 Å². The highest BCUT2D eigenvalue weighted by atomic mass is 32.2. The molecule has 0 N–H and O–H groups in total. The fourth-order valence-electron chi connectivity index (χ4n) is 3.54. The van der Waals surface area contributed by atoms with Gasteiger partial charge in [-0.3, -0.25) is 4.79 Å². The van der Waals surface area contributed by atoms with Gasteiger partial charge in [-0.25, -0.2) is 17.5 Å². The van der Waals surface area contributed by atoms with Gasteiger partial charge in [-0.1, -0.05) is 31.9 Å². The van der Waals surface area contributed by atoms with E-state index >= 15 is 0 Å². The molecule has 32 heavy (non-hydrogen) atoms. The number of carbonyl (C=O) groups is 2. The van der Waals surface area contributed by atoms with E-state index in [2.05, 4.69) is 6.92 Å². The van der Waals surface area contributed by atoms with Crippen LogP contribution in [0.1, 0.15) is 81.6 Å². The first kappa shape index (κ1) is 28.1. The Balaban J connectivity index is 2.53. The van der Waals surface area contributed by atoms with Gasteiger partial charge < -0.3 is 9.47 Å². The fourth-order valence-corrected chi connectivity index (χ4v) is 4.46. The second kappa shape index (κ2) is 15.0. The van der Waals surface area contributed by atoms with Crippen molar-refractivity contribution < 1.29 is 27.5 Å². The van der Waals surface area contributed by atoms with Crippen LogP contribution in [0.4, 0.5) is 0 Å². The van der Waals surface area contributed by atoms with Crippen LogP contribution in [-0.2, 0) is 30.7 Å². The number of ether oxygens (including phenoxy) is 2. The van der Waals surface area contributed by atoms with Gasteiger partial charge in [0.25, 0.3) is 0 Å². The normalized spacial score (nSPS) is 12.5. The van der Waals surface area contributed by atoms with Crippen molar-refractivity contribution in [1.29, 1.82) is 0 Å². The Morgan fingerprint density at radius 1 is 0.969 bits per heavy atom. The standard InChI is InChI=1S/C24H39NO6S/c1-5-7-8-12-23(31-20(3)26)13-10-19-25(32(4,28)29)18-9-11-21-14-16-22(17-15-21)24(27)30-6-2/h14-17,23H,5-13,18-19H2,1-4H3. The molecule has 0 saturated carbocycles. The summed E-state index contributed by atoms with van der Waals surface area (Å²) in [5.74, 6) is -0.635. The van der Waals surface area contributed by atoms with E-state index in [4.69, 9.17) is 9.47 Å². The van der Waals surface area contributed by atoms with Gasteiger partial charge in [-0.05, 0) is 63.1 Å². The first-order chi connectivity index (χ1) is 15.2. The number of rotatable bonds is 16. The highest BCUT2D eigenvalue weighted by molar-refractivity contribution is 7.88. The van der Waals surface area contributed by atoms with Crippen LogP contribution in [0.25, 0.3) is 0 Å². The number of hydrogen-bond acceptors (Lipinski definition) is 6. The van der Waals surface area contributed by atoms with Crippen molar-refractivity contribution >= 4 is 22.0 Å². The summed E-state index contributed by atoms with van der Waals surface area (Å²) in [5.41, 5.74) is 1.55. The Hall–Kier alpha value is -1.93. The van der Waals surface area contributed by atoms with Crippen LogP contribution >= 0.6 is 0 Å². The van der Waals surface area contributed by atoms with E-state index in [1.165, 1.54) is 17.5 Å². The number of sulfonamides is 1. The second-order valence-electron chi connectivity index (χ2n) is 8.05. The van der Waals surface area contributed by atoms with Crippen LogP contribution in [0.5, 0.6) is 0 Å². The van der Waals surface area contributed by atoms with Crippen molar-refractivity contribution in [1.82, 2.24) is 4.31 Å². The summed E-state index contributed by atoms with van der Waals surface area (Å²) in [6, 6.07) is 7.21. The van der Waals surface area contributed by atoms with E-state index in [1.807, 2.05) is 12.1 Å². The molecule has 0 heterocycles. The van der Waals surface area contributed by atoms with Crippen LogP contribution < -0.4 is 0 Å². The van der Waals surface area contributed by atoms with Gasteiger partial charge in [0.1, 0.15) is 6.10 Å². The molecule has 0 aliphatic rings. The maximum absolute atomic E-state index is 12.2. The molecule has 7 nitrogen and oxygen atoms in total. The third-order valence-electron chi connectivity index (χ3n) is 5.20. The third-order valence-corrected chi connectivity index (χ3v) is 6.51. The van der Waals surface area contributed by atoms with Gasteiger partial charge >= 0.3 is 11.9 Å². The van der Waals surface area contributed by atoms with Crippen molar-refractivity contribution in [3.8, 4) is 0 Å². The second-order valence-corrected chi connectivity index (χ2v) is 10.0. The Kier molecular flexibility index (Phi) is 13.2. The molecule has 0 saturated heterocycles. The molecule has 0 amide bonds. The molecule has 1 unspecified atom stereocenters. The zero-order valence-electron chi connectivity index (χ0n) is 20.0. The Bertz CT molecular complexity index is 791. The lowest BCUT2D eigenvalue weighted by atomic mass is 10.1. The number of nitrogens with zero attached hydrogens (tertiary/aromatic N) is 1. The van der Waals surface area contributed by atoms with Crippen molar-refractivity contribution in [3.05, 3.63) is 35.4 Å². The van der Waals surface area contributed by atoms with Crippen LogP contribution in [0.2, 0.25) is 0 Å². The molecule has 0 aliphatic carbocycles.